The van der Waals surface area contributed by atoms with Gasteiger partial charge in [-0.3, -0.25) is 9.79 Å². The quantitative estimate of drug-likeness (QED) is 0.343. The second-order valence-electron chi connectivity index (χ2n) is 5.34. The Hall–Kier alpha value is -1.68. The SMILES string of the molecule is CN=C(NCCc1csc(C)n1)NCc1cccc(NC(C)=O)c1.I. The molecule has 1 aromatic carbocycles. The molecule has 1 heterocycles. The predicted molar refractivity (Wildman–Crippen MR) is 115 cm³/mol. The molecule has 0 atom stereocenters. The van der Waals surface area contributed by atoms with Crippen molar-refractivity contribution >= 4 is 52.9 Å². The van der Waals surface area contributed by atoms with Gasteiger partial charge in [0.1, 0.15) is 0 Å². The van der Waals surface area contributed by atoms with E-state index in [1.54, 1.807) is 18.4 Å². The average molecular weight is 473 g/mol. The lowest BCUT2D eigenvalue weighted by molar-refractivity contribution is -0.114. The fourth-order valence-electron chi connectivity index (χ4n) is 2.20. The van der Waals surface area contributed by atoms with Crippen LogP contribution in [-0.2, 0) is 17.8 Å². The third-order valence-electron chi connectivity index (χ3n) is 3.27. The molecule has 0 radical (unpaired) electrons. The Morgan fingerprint density at radius 1 is 1.32 bits per heavy atom. The lowest BCUT2D eigenvalue weighted by atomic mass is 10.2. The molecular weight excluding hydrogens is 449 g/mol. The Balaban J connectivity index is 0.00000312. The molecule has 1 aromatic heterocycles. The number of amides is 1. The van der Waals surface area contributed by atoms with Gasteiger partial charge in [-0.2, -0.15) is 0 Å². The van der Waals surface area contributed by atoms with Gasteiger partial charge in [-0.15, -0.1) is 35.3 Å². The zero-order valence-electron chi connectivity index (χ0n) is 14.6. The number of hydrogen-bond acceptors (Lipinski definition) is 4. The number of aromatic nitrogens is 1. The minimum atomic E-state index is -0.0742. The summed E-state index contributed by atoms with van der Waals surface area (Å²) >= 11 is 1.67. The number of rotatable bonds is 6. The first-order valence-electron chi connectivity index (χ1n) is 7.79. The van der Waals surface area contributed by atoms with Crippen LogP contribution in [0.15, 0.2) is 34.6 Å². The molecular formula is C17H24IN5OS. The van der Waals surface area contributed by atoms with E-state index in [2.05, 4.69) is 31.3 Å². The summed E-state index contributed by atoms with van der Waals surface area (Å²) in [6.45, 7) is 4.91. The second kappa shape index (κ2) is 11.0. The molecule has 2 rings (SSSR count). The van der Waals surface area contributed by atoms with E-state index in [1.807, 2.05) is 31.2 Å². The third-order valence-corrected chi connectivity index (χ3v) is 4.09. The van der Waals surface area contributed by atoms with Crippen LogP contribution < -0.4 is 16.0 Å². The van der Waals surface area contributed by atoms with Crippen molar-refractivity contribution in [2.45, 2.75) is 26.8 Å². The topological polar surface area (TPSA) is 78.4 Å². The number of halogens is 1. The highest BCUT2D eigenvalue weighted by molar-refractivity contribution is 14.0. The monoisotopic (exact) mass is 473 g/mol. The van der Waals surface area contributed by atoms with Crippen LogP contribution in [0.4, 0.5) is 5.69 Å². The van der Waals surface area contributed by atoms with Gasteiger partial charge in [0.2, 0.25) is 5.91 Å². The van der Waals surface area contributed by atoms with Crippen molar-refractivity contribution in [2.75, 3.05) is 18.9 Å². The molecule has 0 saturated heterocycles. The Bertz CT molecular complexity index is 717. The molecule has 0 aliphatic rings. The zero-order chi connectivity index (χ0) is 17.4. The van der Waals surface area contributed by atoms with Gasteiger partial charge >= 0.3 is 0 Å². The standard InChI is InChI=1S/C17H23N5OS.HI/c1-12(23)21-15-6-4-5-14(9-15)10-20-17(18-3)19-8-7-16-11-24-13(2)22-16;/h4-6,9,11H,7-8,10H2,1-3H3,(H,21,23)(H2,18,19,20);1H. The number of carbonyl (C=O) groups excluding carboxylic acids is 1. The molecule has 0 fully saturated rings. The van der Waals surface area contributed by atoms with Gasteiger partial charge in [-0.25, -0.2) is 4.98 Å². The highest BCUT2D eigenvalue weighted by Gasteiger charge is 2.02. The summed E-state index contributed by atoms with van der Waals surface area (Å²) in [5.41, 5.74) is 2.96. The van der Waals surface area contributed by atoms with Crippen LogP contribution in [0.1, 0.15) is 23.2 Å². The summed E-state index contributed by atoms with van der Waals surface area (Å²) in [7, 11) is 1.75. The largest absolute Gasteiger partial charge is 0.356 e. The number of guanidine groups is 1. The summed E-state index contributed by atoms with van der Waals surface area (Å²) in [6, 6.07) is 7.74. The molecule has 0 bridgehead atoms. The molecule has 0 spiro atoms. The van der Waals surface area contributed by atoms with Gasteiger partial charge in [0.15, 0.2) is 5.96 Å². The lowest BCUT2D eigenvalue weighted by Crippen LogP contribution is -2.37. The van der Waals surface area contributed by atoms with Crippen molar-refractivity contribution in [3.63, 3.8) is 0 Å². The Morgan fingerprint density at radius 2 is 2.12 bits per heavy atom. The summed E-state index contributed by atoms with van der Waals surface area (Å²) in [5, 5.41) is 12.5. The first-order chi connectivity index (χ1) is 11.6. The molecule has 0 unspecified atom stereocenters. The highest BCUT2D eigenvalue weighted by atomic mass is 127. The maximum atomic E-state index is 11.1. The second-order valence-corrected chi connectivity index (χ2v) is 6.40. The molecule has 1 amide bonds. The molecule has 0 aliphatic heterocycles. The van der Waals surface area contributed by atoms with Crippen LogP contribution in [0.25, 0.3) is 0 Å². The Kier molecular flexibility index (Phi) is 9.43. The zero-order valence-corrected chi connectivity index (χ0v) is 17.8. The van der Waals surface area contributed by atoms with Gasteiger partial charge in [0.25, 0.3) is 0 Å². The fraction of sp³-hybridized carbons (Fsp3) is 0.353. The van der Waals surface area contributed by atoms with Crippen LogP contribution in [0.5, 0.6) is 0 Å². The number of aryl methyl sites for hydroxylation is 1. The molecule has 0 aliphatic carbocycles. The Labute approximate surface area is 169 Å². The van der Waals surface area contributed by atoms with Crippen LogP contribution in [0.3, 0.4) is 0 Å². The van der Waals surface area contributed by atoms with Crippen LogP contribution in [0.2, 0.25) is 0 Å². The van der Waals surface area contributed by atoms with E-state index in [-0.39, 0.29) is 29.9 Å². The maximum absolute atomic E-state index is 11.1. The average Bonchev–Trinajstić information content (AvgIpc) is 2.96. The lowest BCUT2D eigenvalue weighted by Gasteiger charge is -2.12. The van der Waals surface area contributed by atoms with E-state index >= 15 is 0 Å². The number of carbonyl (C=O) groups is 1. The van der Waals surface area contributed by atoms with Crippen LogP contribution in [0, 0.1) is 6.92 Å². The van der Waals surface area contributed by atoms with Gasteiger partial charge in [0.05, 0.1) is 10.7 Å². The summed E-state index contributed by atoms with van der Waals surface area (Å²) in [5.74, 6) is 0.668. The van der Waals surface area contributed by atoms with E-state index in [1.165, 1.54) is 6.92 Å². The number of anilines is 1. The minimum Gasteiger partial charge on any atom is -0.356 e. The van der Waals surface area contributed by atoms with Gasteiger partial charge in [0, 0.05) is 44.5 Å². The fourth-order valence-corrected chi connectivity index (χ4v) is 2.85. The highest BCUT2D eigenvalue weighted by Crippen LogP contribution is 2.10. The summed E-state index contributed by atoms with van der Waals surface area (Å²) < 4.78 is 0. The van der Waals surface area contributed by atoms with E-state index < -0.39 is 0 Å². The van der Waals surface area contributed by atoms with E-state index in [0.717, 1.165) is 40.9 Å². The number of nitrogens with one attached hydrogen (secondary N) is 3. The molecule has 2 aromatic rings. The van der Waals surface area contributed by atoms with Gasteiger partial charge in [-0.05, 0) is 24.6 Å². The van der Waals surface area contributed by atoms with Crippen molar-refractivity contribution in [3.8, 4) is 0 Å². The van der Waals surface area contributed by atoms with Gasteiger partial charge < -0.3 is 16.0 Å². The number of hydrogen-bond donors (Lipinski definition) is 3. The first-order valence-corrected chi connectivity index (χ1v) is 8.67. The van der Waals surface area contributed by atoms with Gasteiger partial charge in [-0.1, -0.05) is 12.1 Å². The van der Waals surface area contributed by atoms with Crippen molar-refractivity contribution in [1.29, 1.82) is 0 Å². The smallest absolute Gasteiger partial charge is 0.221 e. The summed E-state index contributed by atoms with van der Waals surface area (Å²) in [6.07, 6.45) is 0.864. The molecule has 3 N–H and O–H groups in total. The van der Waals surface area contributed by atoms with Crippen molar-refractivity contribution in [2.24, 2.45) is 4.99 Å². The Morgan fingerprint density at radius 3 is 2.76 bits per heavy atom. The third kappa shape index (κ3) is 7.82. The molecule has 0 saturated carbocycles. The minimum absolute atomic E-state index is 0. The van der Waals surface area contributed by atoms with Crippen molar-refractivity contribution < 1.29 is 4.79 Å². The maximum Gasteiger partial charge on any atom is 0.221 e. The van der Waals surface area contributed by atoms with Crippen molar-refractivity contribution in [3.05, 3.63) is 45.9 Å². The molecule has 25 heavy (non-hydrogen) atoms. The van der Waals surface area contributed by atoms with E-state index in [4.69, 9.17) is 0 Å². The van der Waals surface area contributed by atoms with E-state index in [9.17, 15) is 4.79 Å². The predicted octanol–water partition coefficient (Wildman–Crippen LogP) is 2.94. The molecule has 6 nitrogen and oxygen atoms in total. The van der Waals surface area contributed by atoms with E-state index in [0.29, 0.717) is 6.54 Å². The molecule has 136 valence electrons. The first kappa shape index (κ1) is 21.4. The number of thiazole rings is 1. The summed E-state index contributed by atoms with van der Waals surface area (Å²) in [4.78, 5) is 19.8. The number of nitrogens with zero attached hydrogens (tertiary/aromatic N) is 2. The van der Waals surface area contributed by atoms with Crippen LogP contribution >= 0.6 is 35.3 Å². The normalized spacial score (nSPS) is 10.8. The number of aliphatic imine (C=N–C) groups is 1. The number of benzene rings is 1. The van der Waals surface area contributed by atoms with Crippen LogP contribution in [-0.4, -0.2) is 30.4 Å². The van der Waals surface area contributed by atoms with Crippen molar-refractivity contribution in [1.82, 2.24) is 15.6 Å². The molecule has 8 heteroatoms.